The van der Waals surface area contributed by atoms with Crippen molar-refractivity contribution in [3.8, 4) is 0 Å². The van der Waals surface area contributed by atoms with Crippen molar-refractivity contribution in [1.82, 2.24) is 4.98 Å². The zero-order valence-electron chi connectivity index (χ0n) is 15.5. The van der Waals surface area contributed by atoms with Gasteiger partial charge in [-0.1, -0.05) is 11.6 Å². The molecule has 0 N–H and O–H groups in total. The molecule has 1 aromatic carbocycles. The molecular formula is C20H18ClF4N3O. The van der Waals surface area contributed by atoms with Crippen LogP contribution in [0.25, 0.3) is 0 Å². The topological polar surface area (TPSA) is 36.4 Å². The van der Waals surface area contributed by atoms with Gasteiger partial charge in [-0.3, -0.25) is 4.79 Å². The maximum Gasteiger partial charge on any atom is 0.416 e. The molecule has 0 radical (unpaired) electrons. The molecule has 2 heterocycles. The van der Waals surface area contributed by atoms with Crippen LogP contribution in [0.4, 0.5) is 29.1 Å². The van der Waals surface area contributed by atoms with Gasteiger partial charge in [0, 0.05) is 18.8 Å². The molecule has 2 fully saturated rings. The number of carbonyl (C=O) groups excluding carboxylic acids is 1. The molecule has 1 saturated heterocycles. The molecule has 2 aliphatic rings. The van der Waals surface area contributed by atoms with Crippen LogP contribution < -0.4 is 9.80 Å². The summed E-state index contributed by atoms with van der Waals surface area (Å²) in [6.07, 6.45) is -2.25. The van der Waals surface area contributed by atoms with E-state index in [-0.39, 0.29) is 28.8 Å². The molecule has 9 heteroatoms. The standard InChI is InChI=1S/C20H18ClF4N3O/c1-27(14-6-3-13(22)4-7-14)19(29)18-11-2-5-15(8-11)28(18)17-10-12(20(23,24)25)9-16(21)26-17/h3-4,6-7,9-11,15,18H,2,5,8H2,1H3/t11-,15+,18-/m0/s1. The Bertz CT molecular complexity index is 934. The largest absolute Gasteiger partial charge is 0.416 e. The predicted molar refractivity (Wildman–Crippen MR) is 101 cm³/mol. The Morgan fingerprint density at radius 2 is 1.90 bits per heavy atom. The molecule has 4 rings (SSSR count). The van der Waals surface area contributed by atoms with E-state index in [0.717, 1.165) is 25.0 Å². The van der Waals surface area contributed by atoms with Gasteiger partial charge in [0.1, 0.15) is 22.8 Å². The highest BCUT2D eigenvalue weighted by molar-refractivity contribution is 6.29. The van der Waals surface area contributed by atoms with Crippen molar-refractivity contribution >= 4 is 29.0 Å². The van der Waals surface area contributed by atoms with Crippen molar-refractivity contribution in [2.45, 2.75) is 37.5 Å². The molecule has 2 aromatic rings. The lowest BCUT2D eigenvalue weighted by Gasteiger charge is -2.37. The van der Waals surface area contributed by atoms with Crippen molar-refractivity contribution in [2.24, 2.45) is 5.92 Å². The number of aromatic nitrogens is 1. The van der Waals surface area contributed by atoms with Crippen molar-refractivity contribution in [2.75, 3.05) is 16.8 Å². The molecule has 1 aliphatic carbocycles. The van der Waals surface area contributed by atoms with Gasteiger partial charge in [0.2, 0.25) is 5.91 Å². The van der Waals surface area contributed by atoms with Crippen LogP contribution in [0.3, 0.4) is 0 Å². The first kappa shape index (κ1) is 19.9. The van der Waals surface area contributed by atoms with Crippen LogP contribution in [-0.2, 0) is 11.0 Å². The third-order valence-corrected chi connectivity index (χ3v) is 5.95. The quantitative estimate of drug-likeness (QED) is 0.515. The summed E-state index contributed by atoms with van der Waals surface area (Å²) in [4.78, 5) is 20.5. The number of anilines is 2. The smallest absolute Gasteiger partial charge is 0.341 e. The lowest BCUT2D eigenvalue weighted by molar-refractivity contribution is -0.137. The van der Waals surface area contributed by atoms with Gasteiger partial charge < -0.3 is 9.80 Å². The summed E-state index contributed by atoms with van der Waals surface area (Å²) in [5.74, 6) is -0.605. The van der Waals surface area contributed by atoms with E-state index in [1.54, 1.807) is 11.9 Å². The van der Waals surface area contributed by atoms with Crippen molar-refractivity contribution in [3.63, 3.8) is 0 Å². The van der Waals surface area contributed by atoms with E-state index in [2.05, 4.69) is 4.98 Å². The molecule has 2 bridgehead atoms. The number of alkyl halides is 3. The van der Waals surface area contributed by atoms with E-state index in [4.69, 9.17) is 11.6 Å². The van der Waals surface area contributed by atoms with Crippen LogP contribution >= 0.6 is 11.6 Å². The highest BCUT2D eigenvalue weighted by atomic mass is 35.5. The molecule has 0 unspecified atom stereocenters. The van der Waals surface area contributed by atoms with Gasteiger partial charge in [0.05, 0.1) is 5.56 Å². The number of carbonyl (C=O) groups is 1. The van der Waals surface area contributed by atoms with Gasteiger partial charge in [-0.15, -0.1) is 0 Å². The number of piperidine rings is 1. The normalized spacial score (nSPS) is 23.5. The lowest BCUT2D eigenvalue weighted by atomic mass is 9.97. The van der Waals surface area contributed by atoms with Crippen molar-refractivity contribution in [3.05, 3.63) is 52.9 Å². The second kappa shape index (κ2) is 7.16. The van der Waals surface area contributed by atoms with Gasteiger partial charge in [0.25, 0.3) is 0 Å². The van der Waals surface area contributed by atoms with E-state index in [1.165, 1.54) is 29.2 Å². The highest BCUT2D eigenvalue weighted by Gasteiger charge is 2.51. The third kappa shape index (κ3) is 3.66. The van der Waals surface area contributed by atoms with Crippen LogP contribution in [0.1, 0.15) is 24.8 Å². The zero-order valence-corrected chi connectivity index (χ0v) is 16.2. The molecule has 4 nitrogen and oxygen atoms in total. The van der Waals surface area contributed by atoms with Crippen LogP contribution in [0, 0.1) is 11.7 Å². The Labute approximate surface area is 170 Å². The summed E-state index contributed by atoms with van der Waals surface area (Å²) in [6.45, 7) is 0. The van der Waals surface area contributed by atoms with Crippen molar-refractivity contribution < 1.29 is 22.4 Å². The summed E-state index contributed by atoms with van der Waals surface area (Å²) >= 11 is 5.87. The number of rotatable bonds is 3. The van der Waals surface area contributed by atoms with Crippen LogP contribution in [0.5, 0.6) is 0 Å². The number of nitrogens with zero attached hydrogens (tertiary/aromatic N) is 3. The van der Waals surface area contributed by atoms with Gasteiger partial charge >= 0.3 is 6.18 Å². The molecule has 1 aromatic heterocycles. The van der Waals surface area contributed by atoms with Crippen LogP contribution in [0.15, 0.2) is 36.4 Å². The second-order valence-electron chi connectivity index (χ2n) is 7.49. The van der Waals surface area contributed by atoms with E-state index in [9.17, 15) is 22.4 Å². The fourth-order valence-electron chi connectivity index (χ4n) is 4.40. The Hall–Kier alpha value is -2.35. The van der Waals surface area contributed by atoms with E-state index in [1.807, 2.05) is 0 Å². The fraction of sp³-hybridized carbons (Fsp3) is 0.400. The number of fused-ring (bicyclic) bond motifs is 2. The van der Waals surface area contributed by atoms with E-state index >= 15 is 0 Å². The minimum absolute atomic E-state index is 0.0190. The first-order chi connectivity index (χ1) is 13.6. The second-order valence-corrected chi connectivity index (χ2v) is 7.87. The average molecular weight is 428 g/mol. The van der Waals surface area contributed by atoms with Crippen LogP contribution in [-0.4, -0.2) is 30.0 Å². The molecule has 1 saturated carbocycles. The number of amides is 1. The van der Waals surface area contributed by atoms with Crippen LogP contribution in [0.2, 0.25) is 5.15 Å². The first-order valence-electron chi connectivity index (χ1n) is 9.21. The maximum absolute atomic E-state index is 13.3. The summed E-state index contributed by atoms with van der Waals surface area (Å²) in [6, 6.07) is 6.51. The number of benzene rings is 1. The SMILES string of the molecule is CN(C(=O)[C@@H]1[C@H]2CC[C@H](C2)N1c1cc(C(F)(F)F)cc(Cl)n1)c1ccc(F)cc1. The Morgan fingerprint density at radius 3 is 2.55 bits per heavy atom. The summed E-state index contributed by atoms with van der Waals surface area (Å²) in [7, 11) is 1.58. The Kier molecular flexibility index (Phi) is 4.93. The van der Waals surface area contributed by atoms with E-state index in [0.29, 0.717) is 12.1 Å². The Morgan fingerprint density at radius 1 is 1.21 bits per heavy atom. The molecule has 0 spiro atoms. The number of likely N-dealkylation sites (N-methyl/N-ethyl adjacent to an activating group) is 1. The minimum atomic E-state index is -4.57. The maximum atomic E-state index is 13.3. The van der Waals surface area contributed by atoms with Gasteiger partial charge in [-0.2, -0.15) is 13.2 Å². The third-order valence-electron chi connectivity index (χ3n) is 5.76. The molecule has 3 atom stereocenters. The minimum Gasteiger partial charge on any atom is -0.341 e. The predicted octanol–water partition coefficient (Wildman–Crippen LogP) is 4.91. The summed E-state index contributed by atoms with van der Waals surface area (Å²) in [5.41, 5.74) is -0.387. The number of hydrogen-bond acceptors (Lipinski definition) is 3. The molecule has 1 amide bonds. The number of hydrogen-bond donors (Lipinski definition) is 0. The lowest BCUT2D eigenvalue weighted by Crippen LogP contribution is -2.51. The first-order valence-corrected chi connectivity index (χ1v) is 9.59. The fourth-order valence-corrected chi connectivity index (χ4v) is 4.61. The molecule has 154 valence electrons. The Balaban J connectivity index is 1.69. The molecule has 29 heavy (non-hydrogen) atoms. The molecular weight excluding hydrogens is 410 g/mol. The number of pyridine rings is 1. The zero-order chi connectivity index (χ0) is 20.9. The summed E-state index contributed by atoms with van der Waals surface area (Å²) in [5, 5.41) is -0.268. The molecule has 1 aliphatic heterocycles. The van der Waals surface area contributed by atoms with Gasteiger partial charge in [-0.05, 0) is 61.6 Å². The van der Waals surface area contributed by atoms with E-state index < -0.39 is 23.6 Å². The van der Waals surface area contributed by atoms with Gasteiger partial charge in [-0.25, -0.2) is 9.37 Å². The average Bonchev–Trinajstić information content (AvgIpc) is 3.27. The highest BCUT2D eigenvalue weighted by Crippen LogP contribution is 2.46. The number of halogens is 5. The summed E-state index contributed by atoms with van der Waals surface area (Å²) < 4.78 is 53.0. The monoisotopic (exact) mass is 427 g/mol. The van der Waals surface area contributed by atoms with Gasteiger partial charge in [0.15, 0.2) is 0 Å². The van der Waals surface area contributed by atoms with Crippen molar-refractivity contribution in [1.29, 1.82) is 0 Å².